The number of nitrogen functional groups attached to an aromatic ring is 1. The van der Waals surface area contributed by atoms with Crippen LogP contribution < -0.4 is 10.6 Å². The lowest BCUT2D eigenvalue weighted by atomic mass is 10.1. The number of rotatable bonds is 7. The minimum atomic E-state index is -0.500. The highest BCUT2D eigenvalue weighted by Crippen LogP contribution is 2.25. The Balaban J connectivity index is 3.20. The molecule has 1 aromatic rings. The van der Waals surface area contributed by atoms with Gasteiger partial charge in [0.1, 0.15) is 0 Å². The van der Waals surface area contributed by atoms with E-state index in [4.69, 9.17) is 5.73 Å². The number of methoxy groups -OCH3 is 1. The number of aliphatic hydroxyl groups excluding tert-OH is 1. The van der Waals surface area contributed by atoms with Crippen LogP contribution in [0.1, 0.15) is 37.2 Å². The van der Waals surface area contributed by atoms with Gasteiger partial charge in [-0.1, -0.05) is 13.8 Å². The van der Waals surface area contributed by atoms with Crippen LogP contribution in [0.2, 0.25) is 0 Å². The summed E-state index contributed by atoms with van der Waals surface area (Å²) in [5.41, 5.74) is 6.67. The standard InChI is InChI=1S/C14H23N3O3/c1-4-10(5-2)17(8-9-18)13-11(15)6-7-12(16-13)14(19)20-3/h6-7,10,18H,4-5,8-9,15H2,1-3H3. The zero-order valence-electron chi connectivity index (χ0n) is 12.3. The third-order valence-electron chi connectivity index (χ3n) is 3.30. The predicted octanol–water partition coefficient (Wildman–Crippen LogP) is 1.44. The van der Waals surface area contributed by atoms with Gasteiger partial charge in [-0.15, -0.1) is 0 Å². The smallest absolute Gasteiger partial charge is 0.356 e. The Morgan fingerprint density at radius 1 is 1.45 bits per heavy atom. The van der Waals surface area contributed by atoms with Gasteiger partial charge in [0.2, 0.25) is 0 Å². The Morgan fingerprint density at radius 3 is 2.60 bits per heavy atom. The molecule has 6 heteroatoms. The topological polar surface area (TPSA) is 88.7 Å². The lowest BCUT2D eigenvalue weighted by Gasteiger charge is -2.32. The Morgan fingerprint density at radius 2 is 2.10 bits per heavy atom. The summed E-state index contributed by atoms with van der Waals surface area (Å²) < 4.78 is 4.67. The van der Waals surface area contributed by atoms with Crippen molar-refractivity contribution in [1.29, 1.82) is 0 Å². The first-order valence-corrected chi connectivity index (χ1v) is 6.81. The van der Waals surface area contributed by atoms with E-state index in [0.717, 1.165) is 12.8 Å². The highest BCUT2D eigenvalue weighted by atomic mass is 16.5. The van der Waals surface area contributed by atoms with Crippen LogP contribution in [0.15, 0.2) is 12.1 Å². The number of aromatic nitrogens is 1. The SMILES string of the molecule is CCC(CC)N(CCO)c1nc(C(=O)OC)ccc1N. The summed E-state index contributed by atoms with van der Waals surface area (Å²) in [6.45, 7) is 4.56. The molecule has 0 aliphatic carbocycles. The van der Waals surface area contributed by atoms with E-state index < -0.39 is 5.97 Å². The number of carbonyl (C=O) groups is 1. The molecule has 0 aliphatic rings. The number of nitrogens with zero attached hydrogens (tertiary/aromatic N) is 2. The number of aliphatic hydroxyl groups is 1. The van der Waals surface area contributed by atoms with Crippen molar-refractivity contribution in [3.63, 3.8) is 0 Å². The molecule has 0 atom stereocenters. The lowest BCUT2D eigenvalue weighted by Crippen LogP contribution is -2.38. The molecule has 0 bridgehead atoms. The van der Waals surface area contributed by atoms with Crippen molar-refractivity contribution in [2.75, 3.05) is 30.9 Å². The number of nitrogens with two attached hydrogens (primary N) is 1. The van der Waals surface area contributed by atoms with E-state index in [2.05, 4.69) is 23.6 Å². The maximum atomic E-state index is 11.6. The average Bonchev–Trinajstić information content (AvgIpc) is 2.47. The fraction of sp³-hybridized carbons (Fsp3) is 0.571. The first-order chi connectivity index (χ1) is 9.58. The van der Waals surface area contributed by atoms with Crippen molar-refractivity contribution in [3.05, 3.63) is 17.8 Å². The third-order valence-corrected chi connectivity index (χ3v) is 3.30. The lowest BCUT2D eigenvalue weighted by molar-refractivity contribution is 0.0594. The molecule has 1 rings (SSSR count). The number of ether oxygens (including phenoxy) is 1. The van der Waals surface area contributed by atoms with E-state index in [9.17, 15) is 9.90 Å². The van der Waals surface area contributed by atoms with Gasteiger partial charge in [0, 0.05) is 12.6 Å². The number of anilines is 2. The molecule has 0 fully saturated rings. The fourth-order valence-corrected chi connectivity index (χ4v) is 2.21. The van der Waals surface area contributed by atoms with E-state index in [1.54, 1.807) is 6.07 Å². The molecule has 0 saturated heterocycles. The van der Waals surface area contributed by atoms with Crippen LogP contribution in [-0.2, 0) is 4.74 Å². The van der Waals surface area contributed by atoms with Crippen LogP contribution in [0.4, 0.5) is 11.5 Å². The molecule has 1 heterocycles. The van der Waals surface area contributed by atoms with Crippen LogP contribution in [0.5, 0.6) is 0 Å². The van der Waals surface area contributed by atoms with Gasteiger partial charge < -0.3 is 20.5 Å². The molecule has 1 aromatic heterocycles. The van der Waals surface area contributed by atoms with Crippen molar-refractivity contribution < 1.29 is 14.6 Å². The number of hydrogen-bond acceptors (Lipinski definition) is 6. The number of pyridine rings is 1. The minimum Gasteiger partial charge on any atom is -0.464 e. The van der Waals surface area contributed by atoms with Crippen LogP contribution in [0, 0.1) is 0 Å². The second-order valence-electron chi connectivity index (χ2n) is 4.49. The average molecular weight is 281 g/mol. The Hall–Kier alpha value is -1.82. The van der Waals surface area contributed by atoms with E-state index >= 15 is 0 Å². The Kier molecular flexibility index (Phi) is 6.24. The van der Waals surface area contributed by atoms with Crippen molar-refractivity contribution in [2.24, 2.45) is 0 Å². The van der Waals surface area contributed by atoms with E-state index in [-0.39, 0.29) is 18.3 Å². The predicted molar refractivity (Wildman–Crippen MR) is 78.8 cm³/mol. The molecule has 112 valence electrons. The largest absolute Gasteiger partial charge is 0.464 e. The van der Waals surface area contributed by atoms with Gasteiger partial charge in [0.15, 0.2) is 11.5 Å². The van der Waals surface area contributed by atoms with Gasteiger partial charge in [-0.05, 0) is 25.0 Å². The zero-order valence-corrected chi connectivity index (χ0v) is 12.3. The molecule has 6 nitrogen and oxygen atoms in total. The maximum Gasteiger partial charge on any atom is 0.356 e. The Bertz CT molecular complexity index is 447. The maximum absolute atomic E-state index is 11.6. The molecule has 0 radical (unpaired) electrons. The summed E-state index contributed by atoms with van der Waals surface area (Å²) in [5, 5.41) is 9.25. The third kappa shape index (κ3) is 3.60. The summed E-state index contributed by atoms with van der Waals surface area (Å²) in [5.74, 6) is 0.0235. The minimum absolute atomic E-state index is 0.0000713. The highest BCUT2D eigenvalue weighted by Gasteiger charge is 2.20. The van der Waals surface area contributed by atoms with Crippen LogP contribution in [0.25, 0.3) is 0 Å². The van der Waals surface area contributed by atoms with Crippen LogP contribution in [0.3, 0.4) is 0 Å². The first-order valence-electron chi connectivity index (χ1n) is 6.81. The van der Waals surface area contributed by atoms with Gasteiger partial charge in [0.05, 0.1) is 19.4 Å². The summed E-state index contributed by atoms with van der Waals surface area (Å²) in [6.07, 6.45) is 1.81. The van der Waals surface area contributed by atoms with Gasteiger partial charge in [0.25, 0.3) is 0 Å². The highest BCUT2D eigenvalue weighted by molar-refractivity contribution is 5.88. The van der Waals surface area contributed by atoms with E-state index in [1.807, 2.05) is 4.90 Å². The molecule has 0 spiro atoms. The van der Waals surface area contributed by atoms with Gasteiger partial charge in [-0.25, -0.2) is 9.78 Å². The first kappa shape index (κ1) is 16.2. The van der Waals surface area contributed by atoms with Gasteiger partial charge in [-0.2, -0.15) is 0 Å². The zero-order chi connectivity index (χ0) is 15.1. The van der Waals surface area contributed by atoms with Crippen LogP contribution in [-0.4, -0.2) is 42.4 Å². The molecular formula is C14H23N3O3. The number of esters is 1. The molecule has 0 saturated carbocycles. The number of hydrogen-bond donors (Lipinski definition) is 2. The molecule has 0 aromatic carbocycles. The van der Waals surface area contributed by atoms with E-state index in [1.165, 1.54) is 13.2 Å². The van der Waals surface area contributed by atoms with E-state index in [0.29, 0.717) is 18.1 Å². The molecule has 20 heavy (non-hydrogen) atoms. The molecule has 0 aliphatic heterocycles. The second kappa shape index (κ2) is 7.69. The quantitative estimate of drug-likeness (QED) is 0.735. The number of carbonyl (C=O) groups excluding carboxylic acids is 1. The van der Waals surface area contributed by atoms with Crippen molar-refractivity contribution in [1.82, 2.24) is 4.98 Å². The normalized spacial score (nSPS) is 10.7. The molecule has 3 N–H and O–H groups in total. The monoisotopic (exact) mass is 281 g/mol. The van der Waals surface area contributed by atoms with Gasteiger partial charge in [-0.3, -0.25) is 0 Å². The fourth-order valence-electron chi connectivity index (χ4n) is 2.21. The molecular weight excluding hydrogens is 258 g/mol. The molecule has 0 amide bonds. The van der Waals surface area contributed by atoms with Crippen molar-refractivity contribution in [2.45, 2.75) is 32.7 Å². The van der Waals surface area contributed by atoms with Crippen LogP contribution >= 0.6 is 0 Å². The molecule has 0 unspecified atom stereocenters. The summed E-state index contributed by atoms with van der Waals surface area (Å²) >= 11 is 0. The summed E-state index contributed by atoms with van der Waals surface area (Å²) in [4.78, 5) is 17.8. The summed E-state index contributed by atoms with van der Waals surface area (Å²) in [6, 6.07) is 3.39. The van der Waals surface area contributed by atoms with Gasteiger partial charge >= 0.3 is 5.97 Å². The second-order valence-corrected chi connectivity index (χ2v) is 4.49. The summed E-state index contributed by atoms with van der Waals surface area (Å²) in [7, 11) is 1.31. The Labute approximate surface area is 119 Å². The van der Waals surface area contributed by atoms with Crippen molar-refractivity contribution in [3.8, 4) is 0 Å². The van der Waals surface area contributed by atoms with Crippen molar-refractivity contribution >= 4 is 17.5 Å².